The molecule has 0 aliphatic heterocycles. The van der Waals surface area contributed by atoms with E-state index in [2.05, 4.69) is 5.32 Å². The highest BCUT2D eigenvalue weighted by atomic mass is 16.5. The minimum atomic E-state index is 0.150. The molecule has 0 saturated carbocycles. The first-order valence-corrected chi connectivity index (χ1v) is 5.00. The van der Waals surface area contributed by atoms with E-state index in [1.54, 1.807) is 14.2 Å². The largest absolute Gasteiger partial charge is 0.385 e. The van der Waals surface area contributed by atoms with Gasteiger partial charge in [0.2, 0.25) is 5.91 Å². The molecular formula is C10H21NO2. The van der Waals surface area contributed by atoms with Crippen molar-refractivity contribution in [3.8, 4) is 0 Å². The third-order valence-electron chi connectivity index (χ3n) is 2.03. The van der Waals surface area contributed by atoms with Gasteiger partial charge >= 0.3 is 0 Å². The molecule has 0 radical (unpaired) electrons. The summed E-state index contributed by atoms with van der Waals surface area (Å²) in [6, 6.07) is 0. The number of unbranched alkanes of at least 4 members (excludes halogenated alkanes) is 4. The van der Waals surface area contributed by atoms with Gasteiger partial charge in [0.05, 0.1) is 0 Å². The van der Waals surface area contributed by atoms with Gasteiger partial charge in [-0.2, -0.15) is 0 Å². The molecule has 0 heterocycles. The van der Waals surface area contributed by atoms with Gasteiger partial charge in [-0.15, -0.1) is 0 Å². The van der Waals surface area contributed by atoms with E-state index in [1.165, 1.54) is 12.8 Å². The third-order valence-corrected chi connectivity index (χ3v) is 2.03. The molecule has 0 aromatic carbocycles. The average molecular weight is 187 g/mol. The Bertz CT molecular complexity index is 126. The maximum Gasteiger partial charge on any atom is 0.219 e. The van der Waals surface area contributed by atoms with Crippen LogP contribution in [0.3, 0.4) is 0 Å². The summed E-state index contributed by atoms with van der Waals surface area (Å²) in [6.07, 6.45) is 6.38. The molecule has 3 heteroatoms. The molecular weight excluding hydrogens is 166 g/mol. The molecule has 1 N–H and O–H groups in total. The van der Waals surface area contributed by atoms with E-state index >= 15 is 0 Å². The Balaban J connectivity index is 2.95. The topological polar surface area (TPSA) is 38.3 Å². The van der Waals surface area contributed by atoms with Crippen molar-refractivity contribution in [2.24, 2.45) is 0 Å². The van der Waals surface area contributed by atoms with Crippen LogP contribution in [0.25, 0.3) is 0 Å². The fourth-order valence-corrected chi connectivity index (χ4v) is 1.19. The molecule has 1 amide bonds. The second-order valence-electron chi connectivity index (χ2n) is 3.18. The van der Waals surface area contributed by atoms with Gasteiger partial charge in [0.15, 0.2) is 0 Å². The van der Waals surface area contributed by atoms with Gasteiger partial charge in [-0.1, -0.05) is 19.3 Å². The summed E-state index contributed by atoms with van der Waals surface area (Å²) in [5, 5.41) is 2.62. The van der Waals surface area contributed by atoms with Crippen molar-refractivity contribution in [3.63, 3.8) is 0 Å². The molecule has 0 aliphatic carbocycles. The highest BCUT2D eigenvalue weighted by Crippen LogP contribution is 2.04. The maximum absolute atomic E-state index is 10.8. The summed E-state index contributed by atoms with van der Waals surface area (Å²) in [6.45, 7) is 0.857. The van der Waals surface area contributed by atoms with Crippen LogP contribution in [0.15, 0.2) is 0 Å². The van der Waals surface area contributed by atoms with Crippen LogP contribution in [0, 0.1) is 0 Å². The van der Waals surface area contributed by atoms with Crippen molar-refractivity contribution in [1.82, 2.24) is 5.32 Å². The Hall–Kier alpha value is -0.570. The lowest BCUT2D eigenvalue weighted by atomic mass is 10.1. The minimum absolute atomic E-state index is 0.150. The molecule has 0 unspecified atom stereocenters. The number of methoxy groups -OCH3 is 1. The Morgan fingerprint density at radius 1 is 1.15 bits per heavy atom. The van der Waals surface area contributed by atoms with Crippen LogP contribution in [-0.4, -0.2) is 26.7 Å². The summed E-state index contributed by atoms with van der Waals surface area (Å²) >= 11 is 0. The Kier molecular flexibility index (Phi) is 9.10. The van der Waals surface area contributed by atoms with Crippen molar-refractivity contribution in [2.45, 2.75) is 38.5 Å². The first kappa shape index (κ1) is 12.4. The smallest absolute Gasteiger partial charge is 0.219 e. The predicted octanol–water partition coefficient (Wildman–Crippen LogP) is 1.72. The standard InChI is InChI=1S/C10H21NO2/c1-11-10(12)8-6-4-3-5-7-9-13-2/h3-9H2,1-2H3,(H,11,12). The van der Waals surface area contributed by atoms with Crippen LogP contribution in [0.2, 0.25) is 0 Å². The summed E-state index contributed by atoms with van der Waals surface area (Å²) in [5.74, 6) is 0.150. The predicted molar refractivity (Wildman–Crippen MR) is 53.6 cm³/mol. The highest BCUT2D eigenvalue weighted by molar-refractivity contribution is 5.75. The maximum atomic E-state index is 10.8. The van der Waals surface area contributed by atoms with Crippen LogP contribution in [0.1, 0.15) is 38.5 Å². The van der Waals surface area contributed by atoms with Crippen LogP contribution in [-0.2, 0) is 9.53 Å². The van der Waals surface area contributed by atoms with Gasteiger partial charge in [-0.05, 0) is 12.8 Å². The number of nitrogens with one attached hydrogen (secondary N) is 1. The van der Waals surface area contributed by atoms with Gasteiger partial charge in [0.1, 0.15) is 0 Å². The van der Waals surface area contributed by atoms with Crippen molar-refractivity contribution in [2.75, 3.05) is 20.8 Å². The third kappa shape index (κ3) is 9.34. The summed E-state index contributed by atoms with van der Waals surface area (Å²) in [7, 11) is 3.41. The number of ether oxygens (including phenoxy) is 1. The molecule has 0 spiro atoms. The van der Waals surface area contributed by atoms with Crippen molar-refractivity contribution < 1.29 is 9.53 Å². The van der Waals surface area contributed by atoms with E-state index in [0.29, 0.717) is 6.42 Å². The molecule has 0 aromatic heterocycles. The zero-order valence-corrected chi connectivity index (χ0v) is 8.77. The van der Waals surface area contributed by atoms with Crippen LogP contribution >= 0.6 is 0 Å². The van der Waals surface area contributed by atoms with E-state index in [4.69, 9.17) is 4.74 Å². The summed E-state index contributed by atoms with van der Waals surface area (Å²) in [5.41, 5.74) is 0. The Morgan fingerprint density at radius 3 is 2.38 bits per heavy atom. The fourth-order valence-electron chi connectivity index (χ4n) is 1.19. The van der Waals surface area contributed by atoms with Gasteiger partial charge in [0, 0.05) is 27.2 Å². The lowest BCUT2D eigenvalue weighted by Crippen LogP contribution is -2.16. The lowest BCUT2D eigenvalue weighted by molar-refractivity contribution is -0.120. The Morgan fingerprint density at radius 2 is 1.77 bits per heavy atom. The molecule has 0 bridgehead atoms. The van der Waals surface area contributed by atoms with E-state index < -0.39 is 0 Å². The molecule has 0 fully saturated rings. The molecule has 0 saturated heterocycles. The lowest BCUT2D eigenvalue weighted by Gasteiger charge is -2.00. The zero-order valence-electron chi connectivity index (χ0n) is 8.77. The first-order valence-electron chi connectivity index (χ1n) is 5.00. The SMILES string of the molecule is CNC(=O)CCCCCCCOC. The fraction of sp³-hybridized carbons (Fsp3) is 0.900. The molecule has 13 heavy (non-hydrogen) atoms. The van der Waals surface area contributed by atoms with Crippen LogP contribution < -0.4 is 5.32 Å². The number of hydrogen-bond donors (Lipinski definition) is 1. The normalized spacial score (nSPS) is 10.0. The molecule has 0 aliphatic rings. The molecule has 3 nitrogen and oxygen atoms in total. The van der Waals surface area contributed by atoms with Gasteiger partial charge in [-0.3, -0.25) is 4.79 Å². The first-order chi connectivity index (χ1) is 6.31. The van der Waals surface area contributed by atoms with E-state index in [-0.39, 0.29) is 5.91 Å². The van der Waals surface area contributed by atoms with Crippen LogP contribution in [0.4, 0.5) is 0 Å². The van der Waals surface area contributed by atoms with Crippen LogP contribution in [0.5, 0.6) is 0 Å². The van der Waals surface area contributed by atoms with Gasteiger partial charge in [0.25, 0.3) is 0 Å². The highest BCUT2D eigenvalue weighted by Gasteiger charge is 1.96. The summed E-state index contributed by atoms with van der Waals surface area (Å²) < 4.78 is 4.94. The van der Waals surface area contributed by atoms with E-state index in [9.17, 15) is 4.79 Å². The molecule has 0 rings (SSSR count). The van der Waals surface area contributed by atoms with E-state index in [0.717, 1.165) is 25.9 Å². The van der Waals surface area contributed by atoms with Gasteiger partial charge in [-0.25, -0.2) is 0 Å². The van der Waals surface area contributed by atoms with Gasteiger partial charge < -0.3 is 10.1 Å². The monoisotopic (exact) mass is 187 g/mol. The molecule has 0 atom stereocenters. The number of hydrogen-bond acceptors (Lipinski definition) is 2. The number of amides is 1. The van der Waals surface area contributed by atoms with E-state index in [1.807, 2.05) is 0 Å². The summed E-state index contributed by atoms with van der Waals surface area (Å²) in [4.78, 5) is 10.8. The number of carbonyl (C=O) groups excluding carboxylic acids is 1. The zero-order chi connectivity index (χ0) is 9.94. The molecule has 78 valence electrons. The van der Waals surface area contributed by atoms with Crippen molar-refractivity contribution in [1.29, 1.82) is 0 Å². The number of rotatable bonds is 8. The van der Waals surface area contributed by atoms with Crippen molar-refractivity contribution >= 4 is 5.91 Å². The minimum Gasteiger partial charge on any atom is -0.385 e. The number of carbonyl (C=O) groups is 1. The van der Waals surface area contributed by atoms with Crippen molar-refractivity contribution in [3.05, 3.63) is 0 Å². The second kappa shape index (κ2) is 9.52. The average Bonchev–Trinajstić information content (AvgIpc) is 2.16. The Labute approximate surface area is 80.8 Å². The molecule has 0 aromatic rings. The quantitative estimate of drug-likeness (QED) is 0.588. The second-order valence-corrected chi connectivity index (χ2v) is 3.18.